The van der Waals surface area contributed by atoms with Crippen molar-refractivity contribution in [2.75, 3.05) is 0 Å². The maximum atomic E-state index is 12.0. The second-order valence-electron chi connectivity index (χ2n) is 5.05. The van der Waals surface area contributed by atoms with Gasteiger partial charge < -0.3 is 5.32 Å². The molecular formula is C14H18N4OS. The van der Waals surface area contributed by atoms with Crippen LogP contribution in [0.5, 0.6) is 0 Å². The van der Waals surface area contributed by atoms with Gasteiger partial charge >= 0.3 is 0 Å². The summed E-state index contributed by atoms with van der Waals surface area (Å²) in [5, 5.41) is 9.64. The smallest absolute Gasteiger partial charge is 0.291 e. The molecule has 0 fully saturated rings. The third-order valence-corrected chi connectivity index (χ3v) is 4.68. The zero-order valence-electron chi connectivity index (χ0n) is 11.5. The number of nitrogens with zero attached hydrogens (tertiary/aromatic N) is 2. The van der Waals surface area contributed by atoms with Gasteiger partial charge in [0.15, 0.2) is 0 Å². The van der Waals surface area contributed by atoms with Crippen molar-refractivity contribution in [3.63, 3.8) is 0 Å². The van der Waals surface area contributed by atoms with Crippen LogP contribution in [0.3, 0.4) is 0 Å². The third kappa shape index (κ3) is 2.75. The van der Waals surface area contributed by atoms with Crippen LogP contribution in [0.25, 0.3) is 0 Å². The van der Waals surface area contributed by atoms with Crippen LogP contribution in [0, 0.1) is 0 Å². The molecule has 0 unspecified atom stereocenters. The maximum Gasteiger partial charge on any atom is 0.291 e. The van der Waals surface area contributed by atoms with Gasteiger partial charge in [-0.3, -0.25) is 9.89 Å². The number of aromatic nitrogens is 3. The van der Waals surface area contributed by atoms with Crippen LogP contribution < -0.4 is 5.32 Å². The van der Waals surface area contributed by atoms with Gasteiger partial charge in [0.25, 0.3) is 5.91 Å². The van der Waals surface area contributed by atoms with Gasteiger partial charge in [0.1, 0.15) is 5.82 Å². The molecule has 6 heteroatoms. The molecule has 2 heterocycles. The molecule has 2 aromatic heterocycles. The number of aryl methyl sites for hydroxylation is 3. The van der Waals surface area contributed by atoms with Gasteiger partial charge in [-0.1, -0.05) is 6.92 Å². The summed E-state index contributed by atoms with van der Waals surface area (Å²) < 4.78 is 0. The Bertz CT molecular complexity index is 595. The fourth-order valence-electron chi connectivity index (χ4n) is 2.47. The molecule has 0 saturated heterocycles. The van der Waals surface area contributed by atoms with E-state index in [1.165, 1.54) is 34.6 Å². The predicted octanol–water partition coefficient (Wildman–Crippen LogP) is 2.24. The SMILES string of the molecule is CCCc1nc(C(=O)NCc2cc3c(s2)CCC3)n[nH]1. The summed E-state index contributed by atoms with van der Waals surface area (Å²) in [5.74, 6) is 0.794. The second kappa shape index (κ2) is 5.75. The second-order valence-corrected chi connectivity index (χ2v) is 6.27. The molecule has 1 amide bonds. The van der Waals surface area contributed by atoms with Gasteiger partial charge in [0.05, 0.1) is 6.54 Å². The van der Waals surface area contributed by atoms with Crippen molar-refractivity contribution in [2.45, 2.75) is 45.6 Å². The topological polar surface area (TPSA) is 70.7 Å². The molecule has 1 aliphatic carbocycles. The molecule has 1 aliphatic rings. The zero-order chi connectivity index (χ0) is 13.9. The van der Waals surface area contributed by atoms with Crippen LogP contribution >= 0.6 is 11.3 Å². The van der Waals surface area contributed by atoms with E-state index in [1.54, 1.807) is 0 Å². The van der Waals surface area contributed by atoms with Gasteiger partial charge in [-0.15, -0.1) is 16.4 Å². The van der Waals surface area contributed by atoms with E-state index in [4.69, 9.17) is 0 Å². The lowest BCUT2D eigenvalue weighted by atomic mass is 10.2. The van der Waals surface area contributed by atoms with Crippen molar-refractivity contribution < 1.29 is 4.79 Å². The lowest BCUT2D eigenvalue weighted by Gasteiger charge is -1.99. The standard InChI is InChI=1S/C14H18N4OS/c1-2-4-12-16-13(18-17-12)14(19)15-8-10-7-9-5-3-6-11(9)20-10/h7H,2-6,8H2,1H3,(H,15,19)(H,16,17,18). The lowest BCUT2D eigenvalue weighted by Crippen LogP contribution is -2.23. The lowest BCUT2D eigenvalue weighted by molar-refractivity contribution is 0.0941. The van der Waals surface area contributed by atoms with Crippen LogP contribution in [-0.4, -0.2) is 21.1 Å². The summed E-state index contributed by atoms with van der Waals surface area (Å²) in [5.41, 5.74) is 1.46. The first kappa shape index (κ1) is 13.3. The molecule has 3 rings (SSSR count). The van der Waals surface area contributed by atoms with Gasteiger partial charge in [-0.25, -0.2) is 4.98 Å². The van der Waals surface area contributed by atoms with E-state index < -0.39 is 0 Å². The number of fused-ring (bicyclic) bond motifs is 1. The Morgan fingerprint density at radius 1 is 1.50 bits per heavy atom. The Labute approximate surface area is 121 Å². The van der Waals surface area contributed by atoms with E-state index >= 15 is 0 Å². The third-order valence-electron chi connectivity index (χ3n) is 3.44. The maximum absolute atomic E-state index is 12.0. The average Bonchev–Trinajstić information content (AvgIpc) is 3.11. The van der Waals surface area contributed by atoms with E-state index in [9.17, 15) is 4.79 Å². The summed E-state index contributed by atoms with van der Waals surface area (Å²) in [6.45, 7) is 2.63. The highest BCUT2D eigenvalue weighted by molar-refractivity contribution is 7.12. The fourth-order valence-corrected chi connectivity index (χ4v) is 3.67. The number of thiophene rings is 1. The van der Waals surface area contributed by atoms with Crippen molar-refractivity contribution in [1.29, 1.82) is 0 Å². The fraction of sp³-hybridized carbons (Fsp3) is 0.500. The molecule has 0 spiro atoms. The zero-order valence-corrected chi connectivity index (χ0v) is 12.3. The summed E-state index contributed by atoms with van der Waals surface area (Å²) in [6.07, 6.45) is 5.44. The van der Waals surface area contributed by atoms with E-state index in [1.807, 2.05) is 11.3 Å². The number of nitrogens with one attached hydrogen (secondary N) is 2. The number of carbonyl (C=O) groups is 1. The molecular weight excluding hydrogens is 272 g/mol. The minimum atomic E-state index is -0.211. The Hall–Kier alpha value is -1.69. The van der Waals surface area contributed by atoms with Crippen LogP contribution in [0.4, 0.5) is 0 Å². The Morgan fingerprint density at radius 3 is 3.20 bits per heavy atom. The van der Waals surface area contributed by atoms with E-state index in [2.05, 4.69) is 33.5 Å². The van der Waals surface area contributed by atoms with E-state index in [0.717, 1.165) is 18.7 Å². The molecule has 2 N–H and O–H groups in total. The molecule has 5 nitrogen and oxygen atoms in total. The van der Waals surface area contributed by atoms with Crippen molar-refractivity contribution in [1.82, 2.24) is 20.5 Å². The number of hydrogen-bond donors (Lipinski definition) is 2. The number of H-pyrrole nitrogens is 1. The van der Waals surface area contributed by atoms with E-state index in [0.29, 0.717) is 6.54 Å². The van der Waals surface area contributed by atoms with Crippen molar-refractivity contribution >= 4 is 17.2 Å². The minimum Gasteiger partial charge on any atom is -0.344 e. The van der Waals surface area contributed by atoms with Crippen molar-refractivity contribution in [2.24, 2.45) is 0 Å². The number of amides is 1. The highest BCUT2D eigenvalue weighted by Gasteiger charge is 2.16. The van der Waals surface area contributed by atoms with Gasteiger partial charge in [0.2, 0.25) is 5.82 Å². The highest BCUT2D eigenvalue weighted by atomic mass is 32.1. The highest BCUT2D eigenvalue weighted by Crippen LogP contribution is 2.30. The van der Waals surface area contributed by atoms with Crippen LogP contribution in [0.2, 0.25) is 0 Å². The number of hydrogen-bond acceptors (Lipinski definition) is 4. The van der Waals surface area contributed by atoms with Crippen LogP contribution in [0.15, 0.2) is 6.07 Å². The Morgan fingerprint density at radius 2 is 2.40 bits per heavy atom. The Kier molecular flexibility index (Phi) is 3.82. The predicted molar refractivity (Wildman–Crippen MR) is 77.9 cm³/mol. The molecule has 0 aliphatic heterocycles. The molecule has 2 aromatic rings. The first-order valence-electron chi connectivity index (χ1n) is 7.06. The van der Waals surface area contributed by atoms with Crippen molar-refractivity contribution in [3.8, 4) is 0 Å². The van der Waals surface area contributed by atoms with Crippen molar-refractivity contribution in [3.05, 3.63) is 33.0 Å². The largest absolute Gasteiger partial charge is 0.344 e. The van der Waals surface area contributed by atoms with Crippen LogP contribution in [-0.2, 0) is 25.8 Å². The Balaban J connectivity index is 1.57. The average molecular weight is 290 g/mol. The summed E-state index contributed by atoms with van der Waals surface area (Å²) in [6, 6.07) is 2.22. The quantitative estimate of drug-likeness (QED) is 0.887. The summed E-state index contributed by atoms with van der Waals surface area (Å²) in [4.78, 5) is 18.8. The molecule has 20 heavy (non-hydrogen) atoms. The first-order chi connectivity index (χ1) is 9.76. The van der Waals surface area contributed by atoms with Gasteiger partial charge in [-0.05, 0) is 37.3 Å². The number of aromatic amines is 1. The molecule has 0 saturated carbocycles. The van der Waals surface area contributed by atoms with Gasteiger partial charge in [0, 0.05) is 16.2 Å². The molecule has 0 bridgehead atoms. The summed E-state index contributed by atoms with van der Waals surface area (Å²) >= 11 is 1.81. The first-order valence-corrected chi connectivity index (χ1v) is 7.88. The number of rotatable bonds is 5. The number of carbonyl (C=O) groups excluding carboxylic acids is 1. The monoisotopic (exact) mass is 290 g/mol. The molecule has 0 radical (unpaired) electrons. The molecule has 106 valence electrons. The summed E-state index contributed by atoms with van der Waals surface area (Å²) in [7, 11) is 0. The minimum absolute atomic E-state index is 0.211. The normalized spacial score (nSPS) is 13.4. The molecule has 0 atom stereocenters. The molecule has 0 aromatic carbocycles. The van der Waals surface area contributed by atoms with Gasteiger partial charge in [-0.2, -0.15) is 0 Å². The van der Waals surface area contributed by atoms with Crippen LogP contribution in [0.1, 0.15) is 51.5 Å². The van der Waals surface area contributed by atoms with E-state index in [-0.39, 0.29) is 11.7 Å².